The lowest BCUT2D eigenvalue weighted by molar-refractivity contribution is -0.146. The van der Waals surface area contributed by atoms with Crippen molar-refractivity contribution < 1.29 is 28.8 Å². The molecule has 0 aromatic heterocycles. The van der Waals surface area contributed by atoms with Crippen molar-refractivity contribution in [1.29, 1.82) is 0 Å². The molecule has 0 aromatic carbocycles. The summed E-state index contributed by atoms with van der Waals surface area (Å²) in [4.78, 5) is 24.5. The van der Waals surface area contributed by atoms with Crippen LogP contribution in [-0.2, 0) is 23.8 Å². The molecule has 24 heavy (non-hydrogen) atoms. The summed E-state index contributed by atoms with van der Waals surface area (Å²) in [6, 6.07) is -0.384. The van der Waals surface area contributed by atoms with Gasteiger partial charge in [0.15, 0.2) is 0 Å². The van der Waals surface area contributed by atoms with Crippen molar-refractivity contribution in [1.82, 2.24) is 4.81 Å². The van der Waals surface area contributed by atoms with E-state index in [2.05, 4.69) is 0 Å². The summed E-state index contributed by atoms with van der Waals surface area (Å²) in [5.41, 5.74) is -0.701. The van der Waals surface area contributed by atoms with Gasteiger partial charge in [-0.1, -0.05) is 6.92 Å². The van der Waals surface area contributed by atoms with Gasteiger partial charge in [0.2, 0.25) is 0 Å². The fourth-order valence-corrected chi connectivity index (χ4v) is 2.75. The summed E-state index contributed by atoms with van der Waals surface area (Å²) < 4.78 is 16.0. The lowest BCUT2D eigenvalue weighted by Gasteiger charge is -2.36. The lowest BCUT2D eigenvalue weighted by Crippen LogP contribution is -2.55. The van der Waals surface area contributed by atoms with Crippen LogP contribution < -0.4 is 0 Å². The molecule has 0 unspecified atom stereocenters. The normalized spacial score (nSPS) is 21.7. The predicted molar refractivity (Wildman–Crippen MR) is 90.5 cm³/mol. The van der Waals surface area contributed by atoms with Gasteiger partial charge in [-0.3, -0.25) is 14.4 Å². The number of halogens is 1. The summed E-state index contributed by atoms with van der Waals surface area (Å²) in [6.07, 6.45) is 2.83. The fraction of sp³-hybridized carbons (Fsp3) is 0.733. The van der Waals surface area contributed by atoms with Crippen LogP contribution in [-0.4, -0.2) is 65.8 Å². The highest BCUT2D eigenvalue weighted by atomic mass is 35.5. The number of ether oxygens (including phenoxy) is 3. The molecular formula is C15H25BClNO6. The topological polar surface area (TPSA) is 85.3 Å². The summed E-state index contributed by atoms with van der Waals surface area (Å²) >= 11 is 5.52. The molecule has 0 spiro atoms. The number of nitrogens with zero attached hydrogens (tertiary/aromatic N) is 1. The molecule has 1 aliphatic rings. The molecule has 2 atom stereocenters. The second-order valence-corrected chi connectivity index (χ2v) is 6.18. The minimum Gasteiger partial charge on any atom is -0.461 e. The van der Waals surface area contributed by atoms with Gasteiger partial charge in [-0.15, -0.1) is 11.6 Å². The maximum Gasteiger partial charge on any atom is 0.379 e. The zero-order valence-electron chi connectivity index (χ0n) is 14.5. The first-order valence-corrected chi connectivity index (χ1v) is 8.44. The fourth-order valence-electron chi connectivity index (χ4n) is 2.69. The number of carbonyl (C=O) groups excluding carboxylic acids is 2. The zero-order chi connectivity index (χ0) is 18.3. The van der Waals surface area contributed by atoms with E-state index in [0.717, 1.165) is 0 Å². The van der Waals surface area contributed by atoms with Crippen molar-refractivity contribution in [2.75, 3.05) is 19.1 Å². The summed E-state index contributed by atoms with van der Waals surface area (Å²) in [5, 5.41) is 10.1. The molecule has 0 amide bonds. The molecule has 0 aromatic rings. The van der Waals surface area contributed by atoms with E-state index in [9.17, 15) is 14.6 Å². The number of alkyl halides is 1. The number of carbonyl (C=O) groups is 2. The third-order valence-electron chi connectivity index (χ3n) is 3.70. The third-order valence-corrected chi connectivity index (χ3v) is 3.92. The lowest BCUT2D eigenvalue weighted by atomic mass is 9.80. The van der Waals surface area contributed by atoms with Crippen LogP contribution in [0.3, 0.4) is 0 Å². The van der Waals surface area contributed by atoms with Crippen LogP contribution in [0.4, 0.5) is 0 Å². The van der Waals surface area contributed by atoms with Gasteiger partial charge in [0.1, 0.15) is 24.3 Å². The second-order valence-electron chi connectivity index (χ2n) is 5.92. The highest BCUT2D eigenvalue weighted by Crippen LogP contribution is 2.31. The van der Waals surface area contributed by atoms with Gasteiger partial charge in [0.25, 0.3) is 0 Å². The van der Waals surface area contributed by atoms with Crippen molar-refractivity contribution in [2.24, 2.45) is 0 Å². The summed E-state index contributed by atoms with van der Waals surface area (Å²) in [7, 11) is -0.795. The predicted octanol–water partition coefficient (Wildman–Crippen LogP) is 1.19. The van der Waals surface area contributed by atoms with Crippen LogP contribution >= 0.6 is 11.6 Å². The third kappa shape index (κ3) is 5.77. The molecule has 1 aliphatic heterocycles. The molecular weight excluding hydrogens is 336 g/mol. The van der Waals surface area contributed by atoms with Crippen molar-refractivity contribution in [3.05, 3.63) is 12.2 Å². The van der Waals surface area contributed by atoms with Crippen molar-refractivity contribution in [3.63, 3.8) is 0 Å². The Balaban J connectivity index is 2.86. The van der Waals surface area contributed by atoms with Gasteiger partial charge < -0.3 is 19.2 Å². The number of rotatable bonds is 8. The molecule has 1 N–H and O–H groups in total. The Kier molecular flexibility index (Phi) is 8.22. The van der Waals surface area contributed by atoms with Crippen LogP contribution in [0.25, 0.3) is 0 Å². The first kappa shape index (κ1) is 21.0. The molecule has 1 heterocycles. The SMILES string of the molecule is CCC(=O)OC/C=C/[C@H](OC(=O)CCl)[C@H]1COC(C)(C)N1B(C)O. The van der Waals surface area contributed by atoms with Crippen LogP contribution in [0.2, 0.25) is 6.82 Å². The van der Waals surface area contributed by atoms with E-state index in [4.69, 9.17) is 25.8 Å². The first-order valence-electron chi connectivity index (χ1n) is 7.91. The molecule has 0 radical (unpaired) electrons. The molecule has 1 rings (SSSR count). The maximum absolute atomic E-state index is 11.6. The van der Waals surface area contributed by atoms with Gasteiger partial charge in [0, 0.05) is 6.42 Å². The molecule has 1 saturated heterocycles. The summed E-state index contributed by atoms with van der Waals surface area (Å²) in [6.45, 7) is 7.33. The van der Waals surface area contributed by atoms with E-state index in [1.165, 1.54) is 0 Å². The van der Waals surface area contributed by atoms with Crippen molar-refractivity contribution in [3.8, 4) is 0 Å². The second kappa shape index (κ2) is 9.41. The molecule has 136 valence electrons. The van der Waals surface area contributed by atoms with Gasteiger partial charge in [-0.05, 0) is 32.8 Å². The largest absolute Gasteiger partial charge is 0.461 e. The summed E-state index contributed by atoms with van der Waals surface area (Å²) in [5.74, 6) is -1.17. The number of hydrogen-bond acceptors (Lipinski definition) is 7. The van der Waals surface area contributed by atoms with Gasteiger partial charge in [-0.25, -0.2) is 0 Å². The maximum atomic E-state index is 11.6. The average molecular weight is 362 g/mol. The van der Waals surface area contributed by atoms with E-state index in [0.29, 0.717) is 6.42 Å². The van der Waals surface area contributed by atoms with Crippen LogP contribution in [0.5, 0.6) is 0 Å². The first-order chi connectivity index (χ1) is 11.2. The Morgan fingerprint density at radius 1 is 1.50 bits per heavy atom. The van der Waals surface area contributed by atoms with E-state index in [1.807, 2.05) is 13.8 Å². The van der Waals surface area contributed by atoms with E-state index < -0.39 is 24.8 Å². The average Bonchev–Trinajstić information content (AvgIpc) is 2.84. The van der Waals surface area contributed by atoms with Crippen LogP contribution in [0.1, 0.15) is 27.2 Å². The highest BCUT2D eigenvalue weighted by molar-refractivity contribution is 6.45. The Hall–Kier alpha value is -1.09. The van der Waals surface area contributed by atoms with E-state index in [-0.39, 0.29) is 31.1 Å². The molecule has 0 saturated carbocycles. The zero-order valence-corrected chi connectivity index (χ0v) is 15.3. The molecule has 9 heteroatoms. The van der Waals surface area contributed by atoms with Crippen molar-refractivity contribution >= 4 is 30.6 Å². The Labute approximate surface area is 148 Å². The van der Waals surface area contributed by atoms with E-state index in [1.54, 1.807) is 30.7 Å². The Morgan fingerprint density at radius 3 is 2.71 bits per heavy atom. The van der Waals surface area contributed by atoms with Crippen molar-refractivity contribution in [2.45, 2.75) is 51.9 Å². The Bertz CT molecular complexity index is 471. The van der Waals surface area contributed by atoms with E-state index >= 15 is 0 Å². The Morgan fingerprint density at radius 2 is 2.17 bits per heavy atom. The quantitative estimate of drug-likeness (QED) is 0.301. The van der Waals surface area contributed by atoms with Crippen LogP contribution in [0.15, 0.2) is 12.2 Å². The standard InChI is InChI=1S/C15H25BClNO6/c1-5-13(19)22-8-6-7-12(24-14(20)9-17)11-10-23-15(2,3)18(11)16(4)21/h6-7,11-12,21H,5,8-10H2,1-4H3/b7-6+/t11-,12+/m1/s1. The monoisotopic (exact) mass is 361 g/mol. The smallest absolute Gasteiger partial charge is 0.379 e. The molecule has 1 fully saturated rings. The van der Waals surface area contributed by atoms with Gasteiger partial charge in [0.05, 0.1) is 12.6 Å². The molecule has 7 nitrogen and oxygen atoms in total. The van der Waals surface area contributed by atoms with Crippen LogP contribution in [0, 0.1) is 0 Å². The minimum atomic E-state index is -0.795. The highest BCUT2D eigenvalue weighted by Gasteiger charge is 2.47. The molecule has 0 aliphatic carbocycles. The number of hydrogen-bond donors (Lipinski definition) is 1. The number of esters is 2. The van der Waals surface area contributed by atoms with Gasteiger partial charge in [-0.2, -0.15) is 0 Å². The van der Waals surface area contributed by atoms with Gasteiger partial charge >= 0.3 is 19.0 Å². The minimum absolute atomic E-state index is 0.0766. The molecule has 0 bridgehead atoms.